The number of hydrogen-bond donors (Lipinski definition) is 1. The average Bonchev–Trinajstić information content (AvgIpc) is 2.40. The minimum Gasteiger partial charge on any atom is -0.310 e. The number of hydrogen-bond acceptors (Lipinski definition) is 1. The first-order valence-corrected chi connectivity index (χ1v) is 7.12. The molecule has 0 aliphatic heterocycles. The molecule has 19 heavy (non-hydrogen) atoms. The predicted molar refractivity (Wildman–Crippen MR) is 82.8 cm³/mol. The van der Waals surface area contributed by atoms with E-state index in [4.69, 9.17) is 11.6 Å². The first-order valence-electron chi connectivity index (χ1n) is 6.74. The van der Waals surface area contributed by atoms with Gasteiger partial charge in [-0.05, 0) is 37.1 Å². The van der Waals surface area contributed by atoms with Crippen molar-refractivity contribution < 1.29 is 0 Å². The maximum Gasteiger partial charge on any atom is 0.0438 e. The van der Waals surface area contributed by atoms with Crippen molar-refractivity contribution in [2.75, 3.05) is 6.54 Å². The van der Waals surface area contributed by atoms with Crippen LogP contribution < -0.4 is 5.32 Å². The summed E-state index contributed by atoms with van der Waals surface area (Å²) >= 11 is 6.26. The lowest BCUT2D eigenvalue weighted by molar-refractivity contribution is 0.549. The molecule has 0 aliphatic rings. The van der Waals surface area contributed by atoms with Crippen molar-refractivity contribution in [3.05, 3.63) is 70.2 Å². The van der Waals surface area contributed by atoms with E-state index in [2.05, 4.69) is 49.5 Å². The molecule has 0 heterocycles. The molecule has 0 aromatic heterocycles. The number of benzene rings is 2. The summed E-state index contributed by atoms with van der Waals surface area (Å²) in [6.07, 6.45) is 0.914. The Morgan fingerprint density at radius 2 is 1.89 bits per heavy atom. The molecule has 0 radical (unpaired) electrons. The quantitative estimate of drug-likeness (QED) is 0.843. The topological polar surface area (TPSA) is 12.0 Å². The fraction of sp³-hybridized carbons (Fsp3) is 0.294. The lowest BCUT2D eigenvalue weighted by Gasteiger charge is -2.19. The molecule has 0 aliphatic carbocycles. The van der Waals surface area contributed by atoms with Crippen molar-refractivity contribution in [1.82, 2.24) is 5.32 Å². The molecule has 2 heteroatoms. The summed E-state index contributed by atoms with van der Waals surface area (Å²) in [4.78, 5) is 0. The number of halogens is 1. The first-order chi connectivity index (χ1) is 9.20. The molecule has 2 rings (SSSR count). The van der Waals surface area contributed by atoms with Crippen LogP contribution >= 0.6 is 11.6 Å². The van der Waals surface area contributed by atoms with Gasteiger partial charge in [-0.3, -0.25) is 0 Å². The van der Waals surface area contributed by atoms with Crippen LogP contribution in [-0.2, 0) is 6.42 Å². The molecule has 2 aromatic carbocycles. The smallest absolute Gasteiger partial charge is 0.0438 e. The minimum atomic E-state index is 0.310. The minimum absolute atomic E-state index is 0.310. The summed E-state index contributed by atoms with van der Waals surface area (Å²) in [6.45, 7) is 5.21. The fourth-order valence-corrected chi connectivity index (χ4v) is 2.54. The van der Waals surface area contributed by atoms with E-state index >= 15 is 0 Å². The van der Waals surface area contributed by atoms with Gasteiger partial charge in [-0.2, -0.15) is 0 Å². The highest BCUT2D eigenvalue weighted by atomic mass is 35.5. The number of nitrogens with one attached hydrogen (secondary N) is 1. The van der Waals surface area contributed by atoms with E-state index in [0.29, 0.717) is 6.04 Å². The number of rotatable bonds is 5. The molecule has 1 atom stereocenters. The highest BCUT2D eigenvalue weighted by Gasteiger charge is 2.12. The molecule has 0 amide bonds. The van der Waals surface area contributed by atoms with Gasteiger partial charge in [0.25, 0.3) is 0 Å². The van der Waals surface area contributed by atoms with Gasteiger partial charge in [-0.1, -0.05) is 66.6 Å². The summed E-state index contributed by atoms with van der Waals surface area (Å²) in [5.41, 5.74) is 3.80. The summed E-state index contributed by atoms with van der Waals surface area (Å²) in [6, 6.07) is 17.0. The van der Waals surface area contributed by atoms with E-state index in [9.17, 15) is 0 Å². The maximum atomic E-state index is 6.26. The highest BCUT2D eigenvalue weighted by molar-refractivity contribution is 6.31. The normalized spacial score (nSPS) is 12.4. The molecule has 0 bridgehead atoms. The molecule has 2 aromatic rings. The number of aryl methyl sites for hydroxylation is 1. The summed E-state index contributed by atoms with van der Waals surface area (Å²) in [7, 11) is 0. The molecule has 100 valence electrons. The van der Waals surface area contributed by atoms with E-state index in [1.54, 1.807) is 0 Å². The largest absolute Gasteiger partial charge is 0.310 e. The van der Waals surface area contributed by atoms with Crippen molar-refractivity contribution >= 4 is 11.6 Å². The second kappa shape index (κ2) is 6.74. The van der Waals surface area contributed by atoms with Gasteiger partial charge in [0.15, 0.2) is 0 Å². The van der Waals surface area contributed by atoms with E-state index < -0.39 is 0 Å². The Morgan fingerprint density at radius 1 is 1.11 bits per heavy atom. The summed E-state index contributed by atoms with van der Waals surface area (Å²) in [5, 5.41) is 4.39. The van der Waals surface area contributed by atoms with Crippen molar-refractivity contribution in [2.45, 2.75) is 26.3 Å². The van der Waals surface area contributed by atoms with E-state index in [-0.39, 0.29) is 0 Å². The molecular formula is C17H20ClN. The Labute approximate surface area is 120 Å². The van der Waals surface area contributed by atoms with E-state index in [1.165, 1.54) is 16.7 Å². The van der Waals surface area contributed by atoms with Crippen molar-refractivity contribution in [1.29, 1.82) is 0 Å². The third-order valence-electron chi connectivity index (χ3n) is 3.28. The van der Waals surface area contributed by atoms with Crippen LogP contribution in [0.4, 0.5) is 0 Å². The van der Waals surface area contributed by atoms with E-state index in [0.717, 1.165) is 18.0 Å². The zero-order chi connectivity index (χ0) is 13.7. The zero-order valence-electron chi connectivity index (χ0n) is 11.5. The van der Waals surface area contributed by atoms with Crippen LogP contribution in [0.3, 0.4) is 0 Å². The van der Waals surface area contributed by atoms with Gasteiger partial charge in [0, 0.05) is 11.1 Å². The summed E-state index contributed by atoms with van der Waals surface area (Å²) in [5.74, 6) is 0. The Balaban J connectivity index is 2.24. The van der Waals surface area contributed by atoms with Gasteiger partial charge in [0.2, 0.25) is 0 Å². The van der Waals surface area contributed by atoms with Crippen LogP contribution in [0.25, 0.3) is 0 Å². The van der Waals surface area contributed by atoms with Gasteiger partial charge in [0.1, 0.15) is 0 Å². The van der Waals surface area contributed by atoms with Crippen LogP contribution in [0.2, 0.25) is 5.02 Å². The molecule has 0 saturated heterocycles. The standard InChI is InChI=1S/C17H20ClN/c1-3-19-17(15-9-6-7-13(2)11-15)12-14-8-4-5-10-16(14)18/h4-11,17,19H,3,12H2,1-2H3. The SMILES string of the molecule is CCNC(Cc1ccccc1Cl)c1cccc(C)c1. The molecule has 0 spiro atoms. The van der Waals surface area contributed by atoms with Gasteiger partial charge >= 0.3 is 0 Å². The van der Waals surface area contributed by atoms with Crippen LogP contribution in [-0.4, -0.2) is 6.54 Å². The molecule has 1 nitrogen and oxygen atoms in total. The molecular weight excluding hydrogens is 254 g/mol. The second-order valence-electron chi connectivity index (χ2n) is 4.82. The Bertz CT molecular complexity index is 536. The van der Waals surface area contributed by atoms with Gasteiger partial charge in [-0.25, -0.2) is 0 Å². The number of likely N-dealkylation sites (N-methyl/N-ethyl adjacent to an activating group) is 1. The van der Waals surface area contributed by atoms with E-state index in [1.807, 2.05) is 18.2 Å². The Morgan fingerprint density at radius 3 is 2.58 bits per heavy atom. The van der Waals surface area contributed by atoms with Gasteiger partial charge < -0.3 is 5.32 Å². The van der Waals surface area contributed by atoms with Crippen LogP contribution in [0.1, 0.15) is 29.7 Å². The molecule has 0 saturated carbocycles. The maximum absolute atomic E-state index is 6.26. The second-order valence-corrected chi connectivity index (χ2v) is 5.23. The third-order valence-corrected chi connectivity index (χ3v) is 3.65. The van der Waals surface area contributed by atoms with Crippen LogP contribution in [0.5, 0.6) is 0 Å². The van der Waals surface area contributed by atoms with Crippen molar-refractivity contribution in [3.8, 4) is 0 Å². The Hall–Kier alpha value is -1.31. The average molecular weight is 274 g/mol. The highest BCUT2D eigenvalue weighted by Crippen LogP contribution is 2.24. The van der Waals surface area contributed by atoms with Gasteiger partial charge in [-0.15, -0.1) is 0 Å². The predicted octanol–water partition coefficient (Wildman–Crippen LogP) is 4.54. The van der Waals surface area contributed by atoms with Crippen molar-refractivity contribution in [3.63, 3.8) is 0 Å². The van der Waals surface area contributed by atoms with Crippen molar-refractivity contribution in [2.24, 2.45) is 0 Å². The Kier molecular flexibility index (Phi) is 5.00. The monoisotopic (exact) mass is 273 g/mol. The molecule has 0 fully saturated rings. The fourth-order valence-electron chi connectivity index (χ4n) is 2.32. The third kappa shape index (κ3) is 3.82. The van der Waals surface area contributed by atoms with Gasteiger partial charge in [0.05, 0.1) is 0 Å². The molecule has 1 N–H and O–H groups in total. The molecule has 1 unspecified atom stereocenters. The lowest BCUT2D eigenvalue weighted by atomic mass is 9.97. The lowest BCUT2D eigenvalue weighted by Crippen LogP contribution is -2.23. The summed E-state index contributed by atoms with van der Waals surface area (Å²) < 4.78 is 0. The van der Waals surface area contributed by atoms with Crippen LogP contribution in [0, 0.1) is 6.92 Å². The van der Waals surface area contributed by atoms with Crippen LogP contribution in [0.15, 0.2) is 48.5 Å². The zero-order valence-corrected chi connectivity index (χ0v) is 12.2. The first kappa shape index (κ1) is 14.1.